The molecule has 2 aromatic rings. The molecule has 0 radical (unpaired) electrons. The molecule has 172 valence electrons. The average molecular weight is 466 g/mol. The Morgan fingerprint density at radius 1 is 1.25 bits per heavy atom. The van der Waals surface area contributed by atoms with Gasteiger partial charge in [-0.3, -0.25) is 19.5 Å². The smallest absolute Gasteiger partial charge is 0.346 e. The lowest BCUT2D eigenvalue weighted by molar-refractivity contribution is -0.131. The van der Waals surface area contributed by atoms with Gasteiger partial charge in [-0.2, -0.15) is 13.2 Å². The number of anilines is 1. The van der Waals surface area contributed by atoms with Gasteiger partial charge in [0.2, 0.25) is 5.78 Å². The number of pyridine rings is 1. The quantitative estimate of drug-likeness (QED) is 0.326. The number of Topliss-reactive ketones (excluding diaryl/α,β-unsaturated/α-hetero) is 1. The lowest BCUT2D eigenvalue weighted by Gasteiger charge is -2.34. The number of halogens is 3. The predicted molar refractivity (Wildman–Crippen MR) is 119 cm³/mol. The number of aromatic nitrogens is 1. The summed E-state index contributed by atoms with van der Waals surface area (Å²) in [4.78, 5) is 32.4. The molecule has 0 bridgehead atoms. The Labute approximate surface area is 190 Å². The standard InChI is InChI=1S/C23H26F3N3O2S/c1-15(2)19-11-16(9-10-27-19)12-28-14-29(21(20(31)13-30)22(28,3)4)17-5-7-18(8-6-17)32-23(24,25)26/h5-11,13,15,21H,12,14H2,1-4H3. The molecule has 0 saturated carbocycles. The molecule has 1 fully saturated rings. The van der Waals surface area contributed by atoms with Crippen molar-refractivity contribution >= 4 is 29.5 Å². The van der Waals surface area contributed by atoms with Gasteiger partial charge in [0.15, 0.2) is 6.29 Å². The van der Waals surface area contributed by atoms with Crippen LogP contribution in [0.4, 0.5) is 18.9 Å². The van der Waals surface area contributed by atoms with Crippen molar-refractivity contribution in [3.8, 4) is 0 Å². The molecule has 1 aliphatic rings. The third kappa shape index (κ3) is 5.32. The zero-order valence-corrected chi connectivity index (χ0v) is 19.2. The second-order valence-electron chi connectivity index (χ2n) is 8.67. The van der Waals surface area contributed by atoms with Crippen molar-refractivity contribution in [3.63, 3.8) is 0 Å². The van der Waals surface area contributed by atoms with E-state index in [0.717, 1.165) is 11.3 Å². The molecule has 9 heteroatoms. The number of ketones is 1. The van der Waals surface area contributed by atoms with Crippen molar-refractivity contribution in [2.45, 2.75) is 62.1 Å². The van der Waals surface area contributed by atoms with Gasteiger partial charge in [0.25, 0.3) is 0 Å². The zero-order valence-electron chi connectivity index (χ0n) is 18.4. The van der Waals surface area contributed by atoms with E-state index in [-0.39, 0.29) is 22.6 Å². The number of carbonyl (C=O) groups is 2. The fraction of sp³-hybridized carbons (Fsp3) is 0.435. The van der Waals surface area contributed by atoms with Gasteiger partial charge in [0, 0.05) is 34.6 Å². The molecule has 3 rings (SSSR count). The third-order valence-electron chi connectivity index (χ3n) is 5.72. The molecule has 32 heavy (non-hydrogen) atoms. The second-order valence-corrected chi connectivity index (χ2v) is 9.81. The number of benzene rings is 1. The molecule has 2 heterocycles. The molecule has 1 atom stereocenters. The fourth-order valence-electron chi connectivity index (χ4n) is 4.02. The summed E-state index contributed by atoms with van der Waals surface area (Å²) in [6, 6.07) is 9.07. The van der Waals surface area contributed by atoms with Gasteiger partial charge in [-0.25, -0.2) is 0 Å². The molecule has 5 nitrogen and oxygen atoms in total. The first-order valence-corrected chi connectivity index (χ1v) is 11.1. The van der Waals surface area contributed by atoms with Crippen LogP contribution in [0.5, 0.6) is 0 Å². The summed E-state index contributed by atoms with van der Waals surface area (Å²) >= 11 is -0.189. The normalized spacial score (nSPS) is 18.9. The third-order valence-corrected chi connectivity index (χ3v) is 6.46. The van der Waals surface area contributed by atoms with Gasteiger partial charge >= 0.3 is 5.51 Å². The summed E-state index contributed by atoms with van der Waals surface area (Å²) in [5.74, 6) is -0.292. The second kappa shape index (κ2) is 9.23. The first kappa shape index (κ1) is 24.3. The Kier molecular flexibility index (Phi) is 7.00. The van der Waals surface area contributed by atoms with E-state index in [1.54, 1.807) is 23.2 Å². The maximum Gasteiger partial charge on any atom is 0.446 e. The van der Waals surface area contributed by atoms with E-state index < -0.39 is 22.9 Å². The highest BCUT2D eigenvalue weighted by Crippen LogP contribution is 2.40. The number of nitrogens with zero attached hydrogens (tertiary/aromatic N) is 3. The Bertz CT molecular complexity index is 977. The number of rotatable bonds is 7. The largest absolute Gasteiger partial charge is 0.446 e. The van der Waals surface area contributed by atoms with Crippen LogP contribution in [0.1, 0.15) is 44.9 Å². The van der Waals surface area contributed by atoms with Gasteiger partial charge in [-0.05, 0) is 73.5 Å². The number of thioether (sulfide) groups is 1. The van der Waals surface area contributed by atoms with Crippen molar-refractivity contribution in [1.29, 1.82) is 0 Å². The number of carbonyl (C=O) groups excluding carboxylic acids is 2. The molecule has 1 aromatic heterocycles. The fourth-order valence-corrected chi connectivity index (χ4v) is 4.56. The summed E-state index contributed by atoms with van der Waals surface area (Å²) in [6.07, 6.45) is 2.08. The van der Waals surface area contributed by atoms with Crippen molar-refractivity contribution in [1.82, 2.24) is 9.88 Å². The zero-order chi connectivity index (χ0) is 23.7. The van der Waals surface area contributed by atoms with Gasteiger partial charge in [-0.15, -0.1) is 0 Å². The van der Waals surface area contributed by atoms with Gasteiger partial charge in [0.05, 0.1) is 6.67 Å². The van der Waals surface area contributed by atoms with Crippen LogP contribution in [0.3, 0.4) is 0 Å². The molecule has 1 aliphatic heterocycles. The van der Waals surface area contributed by atoms with E-state index >= 15 is 0 Å². The van der Waals surface area contributed by atoms with Crippen LogP contribution < -0.4 is 4.90 Å². The van der Waals surface area contributed by atoms with Crippen LogP contribution in [0.25, 0.3) is 0 Å². The minimum absolute atomic E-state index is 0.0628. The van der Waals surface area contributed by atoms with Crippen LogP contribution in [-0.2, 0) is 16.1 Å². The number of hydrogen-bond acceptors (Lipinski definition) is 6. The van der Waals surface area contributed by atoms with Gasteiger partial charge in [-0.1, -0.05) is 13.8 Å². The molecule has 1 unspecified atom stereocenters. The van der Waals surface area contributed by atoms with Crippen molar-refractivity contribution in [3.05, 3.63) is 53.9 Å². The van der Waals surface area contributed by atoms with E-state index in [0.29, 0.717) is 25.2 Å². The van der Waals surface area contributed by atoms with Crippen LogP contribution in [0.2, 0.25) is 0 Å². The minimum Gasteiger partial charge on any atom is -0.346 e. The predicted octanol–water partition coefficient (Wildman–Crippen LogP) is 5.01. The van der Waals surface area contributed by atoms with E-state index in [2.05, 4.69) is 23.7 Å². The van der Waals surface area contributed by atoms with E-state index in [1.165, 1.54) is 12.1 Å². The first-order chi connectivity index (χ1) is 14.9. The molecule has 1 aromatic carbocycles. The molecule has 0 N–H and O–H groups in total. The van der Waals surface area contributed by atoms with Gasteiger partial charge < -0.3 is 4.90 Å². The Hall–Kier alpha value is -2.39. The molecular formula is C23H26F3N3O2S. The lowest BCUT2D eigenvalue weighted by atomic mass is 9.90. The maximum absolute atomic E-state index is 12.7. The summed E-state index contributed by atoms with van der Waals surface area (Å²) < 4.78 is 38.0. The highest BCUT2D eigenvalue weighted by Gasteiger charge is 2.50. The Balaban J connectivity index is 1.90. The molecule has 1 saturated heterocycles. The molecular weight excluding hydrogens is 439 g/mol. The van der Waals surface area contributed by atoms with Crippen molar-refractivity contribution < 1.29 is 22.8 Å². The summed E-state index contributed by atoms with van der Waals surface area (Å²) in [6.45, 7) is 8.81. The number of alkyl halides is 3. The lowest BCUT2D eigenvalue weighted by Crippen LogP contribution is -2.51. The summed E-state index contributed by atoms with van der Waals surface area (Å²) in [5, 5.41) is 0. The highest BCUT2D eigenvalue weighted by molar-refractivity contribution is 8.00. The molecule has 0 spiro atoms. The number of aldehydes is 1. The Morgan fingerprint density at radius 2 is 1.91 bits per heavy atom. The Morgan fingerprint density at radius 3 is 2.47 bits per heavy atom. The molecule has 0 amide bonds. The summed E-state index contributed by atoms with van der Waals surface area (Å²) in [5.41, 5.74) is -2.46. The van der Waals surface area contributed by atoms with E-state index in [9.17, 15) is 22.8 Å². The molecule has 0 aliphatic carbocycles. The summed E-state index contributed by atoms with van der Waals surface area (Å²) in [7, 11) is 0. The SMILES string of the molecule is CC(C)c1cc(CN2CN(c3ccc(SC(F)(F)F)cc3)C(C(=O)C=O)C2(C)C)ccn1. The topological polar surface area (TPSA) is 53.5 Å². The average Bonchev–Trinajstić information content (AvgIpc) is 2.97. The number of hydrogen-bond donors (Lipinski definition) is 0. The van der Waals surface area contributed by atoms with Crippen LogP contribution in [-0.4, -0.2) is 45.7 Å². The van der Waals surface area contributed by atoms with E-state index in [1.807, 2.05) is 26.0 Å². The van der Waals surface area contributed by atoms with Crippen molar-refractivity contribution in [2.24, 2.45) is 0 Å². The monoisotopic (exact) mass is 465 g/mol. The van der Waals surface area contributed by atoms with Crippen molar-refractivity contribution in [2.75, 3.05) is 11.6 Å². The van der Waals surface area contributed by atoms with Crippen LogP contribution in [0, 0.1) is 0 Å². The maximum atomic E-state index is 12.7. The highest BCUT2D eigenvalue weighted by atomic mass is 32.2. The van der Waals surface area contributed by atoms with Crippen LogP contribution >= 0.6 is 11.8 Å². The van der Waals surface area contributed by atoms with E-state index in [4.69, 9.17) is 0 Å². The minimum atomic E-state index is -4.37. The van der Waals surface area contributed by atoms with Crippen LogP contribution in [0.15, 0.2) is 47.5 Å². The first-order valence-electron chi connectivity index (χ1n) is 10.2. The van der Waals surface area contributed by atoms with Gasteiger partial charge in [0.1, 0.15) is 6.04 Å².